The van der Waals surface area contributed by atoms with Crippen molar-refractivity contribution in [1.29, 1.82) is 0 Å². The molecule has 0 nitrogen and oxygen atoms in total. The summed E-state index contributed by atoms with van der Waals surface area (Å²) in [7, 11) is -2.36. The fourth-order valence-electron chi connectivity index (χ4n) is 4.46. The van der Waals surface area contributed by atoms with Crippen LogP contribution in [0.1, 0.15) is 23.1 Å². The molecule has 0 atom stereocenters. The smallest absolute Gasteiger partial charge is 0.147 e. The van der Waals surface area contributed by atoms with Crippen LogP contribution in [0.25, 0.3) is 0 Å². The van der Waals surface area contributed by atoms with Gasteiger partial charge in [0.15, 0.2) is 0 Å². The number of allylic oxidation sites excluding steroid dienone is 4. The zero-order valence-electron chi connectivity index (χ0n) is 18.0. The molecule has 3 aromatic rings. The van der Waals surface area contributed by atoms with Crippen LogP contribution in [-0.4, -0.2) is 8.07 Å². The Morgan fingerprint density at radius 1 is 0.645 bits per heavy atom. The van der Waals surface area contributed by atoms with Crippen molar-refractivity contribution in [3.05, 3.63) is 111 Å². The minimum atomic E-state index is -2.36. The fraction of sp³-hybridized carbons (Fsp3) is 0.154. The van der Waals surface area contributed by atoms with E-state index in [-0.39, 0.29) is 37.2 Å². The third kappa shape index (κ3) is 5.30. The summed E-state index contributed by atoms with van der Waals surface area (Å²) < 4.78 is 1.51. The number of aryl methyl sites for hydroxylation is 3. The Hall–Kier alpha value is -1.06. The number of halogens is 3. The normalized spacial score (nSPS) is 12.6. The van der Waals surface area contributed by atoms with Gasteiger partial charge in [0.25, 0.3) is 0 Å². The first kappa shape index (κ1) is 28.0. The van der Waals surface area contributed by atoms with Crippen LogP contribution < -0.4 is 15.6 Å². The molecular formula is C26H28Cl3SiTi. The van der Waals surface area contributed by atoms with Gasteiger partial charge >= 0.3 is 182 Å². The third-order valence-electron chi connectivity index (χ3n) is 5.69. The molecular weight excluding hydrogens is 495 g/mol. The van der Waals surface area contributed by atoms with Gasteiger partial charge in [0.2, 0.25) is 0 Å². The molecule has 0 spiro atoms. The van der Waals surface area contributed by atoms with E-state index in [1.165, 1.54) is 36.1 Å². The van der Waals surface area contributed by atoms with Gasteiger partial charge in [-0.15, -0.1) is 37.2 Å². The number of hydrogen-bond acceptors (Lipinski definition) is 0. The summed E-state index contributed by atoms with van der Waals surface area (Å²) in [4.78, 5) is 0. The predicted molar refractivity (Wildman–Crippen MR) is 141 cm³/mol. The van der Waals surface area contributed by atoms with Crippen LogP contribution in [0.3, 0.4) is 0 Å². The topological polar surface area (TPSA) is 0 Å². The molecule has 0 amide bonds. The Bertz CT molecular complexity index is 994. The molecule has 1 aliphatic carbocycles. The van der Waals surface area contributed by atoms with E-state index < -0.39 is 8.07 Å². The number of benzene rings is 3. The molecule has 3 aromatic carbocycles. The first-order valence-electron chi connectivity index (χ1n) is 9.85. The van der Waals surface area contributed by atoms with E-state index >= 15 is 0 Å². The van der Waals surface area contributed by atoms with Crippen molar-refractivity contribution in [2.75, 3.05) is 0 Å². The fourth-order valence-corrected chi connectivity index (χ4v) is 10.9. The largest absolute Gasteiger partial charge is 0.147 e. The van der Waals surface area contributed by atoms with Gasteiger partial charge in [-0.3, -0.25) is 0 Å². The van der Waals surface area contributed by atoms with Crippen LogP contribution in [0.2, 0.25) is 0 Å². The average molecular weight is 523 g/mol. The van der Waals surface area contributed by atoms with Gasteiger partial charge in [0.1, 0.15) is 0 Å². The van der Waals surface area contributed by atoms with Crippen LogP contribution in [-0.2, 0) is 20.4 Å². The van der Waals surface area contributed by atoms with Crippen LogP contribution in [0.15, 0.2) is 94.0 Å². The second-order valence-corrected chi connectivity index (χ2v) is 12.6. The number of hydrogen-bond donors (Lipinski definition) is 0. The Balaban J connectivity index is 0.00000160. The summed E-state index contributed by atoms with van der Waals surface area (Å²) in [5.41, 5.74) is 3.99. The maximum absolute atomic E-state index is 2.42. The Labute approximate surface area is 217 Å². The van der Waals surface area contributed by atoms with Gasteiger partial charge in [-0.05, 0) is 0 Å². The summed E-state index contributed by atoms with van der Waals surface area (Å²) >= 11 is 2.32. The molecule has 0 saturated heterocycles. The second-order valence-electron chi connectivity index (χ2n) is 7.86. The van der Waals surface area contributed by atoms with E-state index in [1.807, 2.05) is 0 Å². The molecule has 1 aliphatic rings. The first-order chi connectivity index (χ1) is 13.5. The summed E-state index contributed by atoms with van der Waals surface area (Å²) in [6.45, 7) is 6.63. The molecule has 0 bridgehead atoms. The molecule has 161 valence electrons. The second kappa shape index (κ2) is 11.7. The van der Waals surface area contributed by atoms with Crippen molar-refractivity contribution in [2.45, 2.75) is 27.2 Å². The Kier molecular flexibility index (Phi) is 10.6. The average Bonchev–Trinajstić information content (AvgIpc) is 3.09. The maximum Gasteiger partial charge on any atom is -0.147 e. The summed E-state index contributed by atoms with van der Waals surface area (Å²) in [5.74, 6) is 0. The molecule has 31 heavy (non-hydrogen) atoms. The van der Waals surface area contributed by atoms with E-state index in [1.54, 1.807) is 5.20 Å². The maximum atomic E-state index is 2.42. The minimum absolute atomic E-state index is 0. The van der Waals surface area contributed by atoms with E-state index in [0.29, 0.717) is 0 Å². The monoisotopic (exact) mass is 521 g/mol. The molecule has 0 radical (unpaired) electrons. The van der Waals surface area contributed by atoms with Crippen molar-refractivity contribution < 1.29 is 20.4 Å². The zero-order valence-corrected chi connectivity index (χ0v) is 23.0. The van der Waals surface area contributed by atoms with E-state index in [2.05, 4.69) is 126 Å². The van der Waals surface area contributed by atoms with Crippen molar-refractivity contribution in [2.24, 2.45) is 0 Å². The molecule has 0 fully saturated rings. The van der Waals surface area contributed by atoms with Crippen molar-refractivity contribution in [3.8, 4) is 0 Å². The molecule has 4 rings (SSSR count). The van der Waals surface area contributed by atoms with Gasteiger partial charge in [-0.1, -0.05) is 0 Å². The van der Waals surface area contributed by atoms with Crippen molar-refractivity contribution in [1.82, 2.24) is 0 Å². The SMILES string of the molecule is Cc1cccc([Si](C2=[C]([Ti])CC=C2)(c2cccc(C)c2)c2cccc(C)c2)c1.Cl.Cl.Cl. The van der Waals surface area contributed by atoms with E-state index in [4.69, 9.17) is 0 Å². The minimum Gasteiger partial charge on any atom is -0.147 e. The molecule has 0 aliphatic heterocycles. The van der Waals surface area contributed by atoms with Crippen LogP contribution in [0.5, 0.6) is 0 Å². The van der Waals surface area contributed by atoms with Crippen LogP contribution >= 0.6 is 37.2 Å². The molecule has 0 unspecified atom stereocenters. The van der Waals surface area contributed by atoms with Crippen LogP contribution in [0, 0.1) is 20.8 Å². The first-order valence-corrected chi connectivity index (χ1v) is 12.6. The molecule has 5 heteroatoms. The Morgan fingerprint density at radius 2 is 1.03 bits per heavy atom. The van der Waals surface area contributed by atoms with Gasteiger partial charge in [0, 0.05) is 0 Å². The predicted octanol–water partition coefficient (Wildman–Crippen LogP) is 5.65. The molecule has 0 saturated carbocycles. The summed E-state index contributed by atoms with van der Waals surface area (Å²) in [6, 6.07) is 27.6. The zero-order chi connectivity index (χ0) is 19.7. The molecule has 0 N–H and O–H groups in total. The van der Waals surface area contributed by atoms with Gasteiger partial charge in [-0.2, -0.15) is 0 Å². The Morgan fingerprint density at radius 3 is 1.32 bits per heavy atom. The van der Waals surface area contributed by atoms with Crippen LogP contribution in [0.4, 0.5) is 0 Å². The van der Waals surface area contributed by atoms with Crippen molar-refractivity contribution >= 4 is 60.9 Å². The summed E-state index contributed by atoms with van der Waals surface area (Å²) in [5, 5.41) is 5.98. The van der Waals surface area contributed by atoms with E-state index in [0.717, 1.165) is 6.42 Å². The van der Waals surface area contributed by atoms with Gasteiger partial charge < -0.3 is 0 Å². The quantitative estimate of drug-likeness (QED) is 0.307. The number of rotatable bonds is 4. The van der Waals surface area contributed by atoms with Gasteiger partial charge in [0.05, 0.1) is 0 Å². The van der Waals surface area contributed by atoms with Gasteiger partial charge in [-0.25, -0.2) is 0 Å². The third-order valence-corrected chi connectivity index (χ3v) is 11.6. The van der Waals surface area contributed by atoms with E-state index in [9.17, 15) is 0 Å². The molecule has 0 aromatic heterocycles. The summed E-state index contributed by atoms with van der Waals surface area (Å²) in [6.07, 6.45) is 5.82. The standard InChI is InChI=1S/C26H25Si.3ClH.Ti/c1-20-9-6-14-24(17-20)27(23-12-4-5-13-23,25-15-7-10-21(2)18-25)26-16-8-11-22(3)19-26;;;;/h4,6-12,14-19H,5H2,1-3H3;3*1H;. The molecule has 0 heterocycles. The van der Waals surface area contributed by atoms with Crippen molar-refractivity contribution in [3.63, 3.8) is 0 Å².